The summed E-state index contributed by atoms with van der Waals surface area (Å²) in [6.45, 7) is -0.320. The van der Waals surface area contributed by atoms with Crippen LogP contribution < -0.4 is 10.6 Å². The maximum absolute atomic E-state index is 12.1. The van der Waals surface area contributed by atoms with E-state index < -0.39 is 10.8 Å². The van der Waals surface area contributed by atoms with Gasteiger partial charge in [-0.2, -0.15) is 0 Å². The Kier molecular flexibility index (Phi) is 6.51. The molecule has 0 radical (unpaired) electrons. The van der Waals surface area contributed by atoms with Crippen molar-refractivity contribution in [1.82, 2.24) is 5.32 Å². The second-order valence-corrected chi connectivity index (χ2v) is 6.52. The van der Waals surface area contributed by atoms with Crippen LogP contribution in [-0.4, -0.2) is 29.6 Å². The highest BCUT2D eigenvalue weighted by Crippen LogP contribution is 2.29. The number of carbonyl (C=O) groups excluding carboxylic acids is 2. The third-order valence-corrected chi connectivity index (χ3v) is 4.47. The van der Waals surface area contributed by atoms with Crippen LogP contribution in [0.4, 0.5) is 11.4 Å². The van der Waals surface area contributed by atoms with Crippen molar-refractivity contribution in [3.05, 3.63) is 69.8 Å². The Morgan fingerprint density at radius 2 is 2.07 bits per heavy atom. The minimum absolute atomic E-state index is 0.0581. The van der Waals surface area contributed by atoms with Gasteiger partial charge in [0, 0.05) is 17.8 Å². The molecule has 0 heterocycles. The first-order valence-corrected chi connectivity index (χ1v) is 9.11. The first kappa shape index (κ1) is 20.0. The highest BCUT2D eigenvalue weighted by Gasteiger charge is 2.21. The monoisotopic (exact) mass is 396 g/mol. The van der Waals surface area contributed by atoms with Gasteiger partial charge in [0.1, 0.15) is 6.21 Å². The molecule has 0 spiro atoms. The molecule has 29 heavy (non-hydrogen) atoms. The van der Waals surface area contributed by atoms with Gasteiger partial charge in [0.15, 0.2) is 6.61 Å². The molecule has 1 atom stereocenters. The average Bonchev–Trinajstić information content (AvgIpc) is 2.72. The first-order chi connectivity index (χ1) is 14.0. The largest absolute Gasteiger partial charge is 0.386 e. The zero-order valence-electron chi connectivity index (χ0n) is 15.5. The number of benzene rings is 2. The number of non-ortho nitro benzene ring substituents is 1. The molecule has 2 amide bonds. The van der Waals surface area contributed by atoms with E-state index in [1.807, 2.05) is 18.2 Å². The average molecular weight is 396 g/mol. The lowest BCUT2D eigenvalue weighted by Crippen LogP contribution is -2.33. The Balaban J connectivity index is 1.44. The van der Waals surface area contributed by atoms with Gasteiger partial charge in [-0.15, -0.1) is 0 Å². The van der Waals surface area contributed by atoms with E-state index in [-0.39, 0.29) is 29.9 Å². The predicted molar refractivity (Wildman–Crippen MR) is 106 cm³/mol. The van der Waals surface area contributed by atoms with Gasteiger partial charge in [-0.05, 0) is 36.5 Å². The lowest BCUT2D eigenvalue weighted by Gasteiger charge is -2.26. The third kappa shape index (κ3) is 5.61. The Morgan fingerprint density at radius 3 is 2.90 bits per heavy atom. The SMILES string of the molecule is O=C(/C=N\OCC(=O)N[C@@H]1CCCc2ccccc21)Nc1cccc([N+](=O)[O-])c1. The summed E-state index contributed by atoms with van der Waals surface area (Å²) in [6, 6.07) is 13.5. The lowest BCUT2D eigenvalue weighted by molar-refractivity contribution is -0.384. The van der Waals surface area contributed by atoms with Crippen LogP contribution in [0.2, 0.25) is 0 Å². The number of nitrogens with zero attached hydrogens (tertiary/aromatic N) is 2. The maximum Gasteiger partial charge on any atom is 0.271 e. The van der Waals surface area contributed by atoms with E-state index in [1.54, 1.807) is 0 Å². The second-order valence-electron chi connectivity index (χ2n) is 6.52. The van der Waals surface area contributed by atoms with Crippen molar-refractivity contribution in [3.8, 4) is 0 Å². The molecule has 1 aliphatic rings. The fourth-order valence-corrected chi connectivity index (χ4v) is 3.19. The fourth-order valence-electron chi connectivity index (χ4n) is 3.19. The lowest BCUT2D eigenvalue weighted by atomic mass is 9.88. The van der Waals surface area contributed by atoms with Gasteiger partial charge in [0.05, 0.1) is 11.0 Å². The molecule has 0 aliphatic heterocycles. The molecular weight excluding hydrogens is 376 g/mol. The van der Waals surface area contributed by atoms with Gasteiger partial charge >= 0.3 is 0 Å². The molecule has 9 heteroatoms. The van der Waals surface area contributed by atoms with Crippen LogP contribution in [0.25, 0.3) is 0 Å². The predicted octanol–water partition coefficient (Wildman–Crippen LogP) is 2.73. The van der Waals surface area contributed by atoms with Crippen molar-refractivity contribution in [3.63, 3.8) is 0 Å². The second kappa shape index (κ2) is 9.45. The summed E-state index contributed by atoms with van der Waals surface area (Å²) in [6.07, 6.45) is 3.72. The van der Waals surface area contributed by atoms with Gasteiger partial charge in [0.2, 0.25) is 0 Å². The number of nitrogens with one attached hydrogen (secondary N) is 2. The van der Waals surface area contributed by atoms with Crippen molar-refractivity contribution >= 4 is 29.4 Å². The van der Waals surface area contributed by atoms with E-state index in [2.05, 4.69) is 21.9 Å². The van der Waals surface area contributed by atoms with Gasteiger partial charge < -0.3 is 15.5 Å². The van der Waals surface area contributed by atoms with Crippen LogP contribution in [0.3, 0.4) is 0 Å². The van der Waals surface area contributed by atoms with Crippen LogP contribution in [0.1, 0.15) is 30.0 Å². The fraction of sp³-hybridized carbons (Fsp3) is 0.250. The number of amides is 2. The molecule has 2 N–H and O–H groups in total. The summed E-state index contributed by atoms with van der Waals surface area (Å²) in [4.78, 5) is 38.9. The van der Waals surface area contributed by atoms with Crippen molar-refractivity contribution in [2.75, 3.05) is 11.9 Å². The summed E-state index contributed by atoms with van der Waals surface area (Å²) in [5.41, 5.74) is 2.47. The number of rotatable bonds is 7. The van der Waals surface area contributed by atoms with Crippen LogP contribution in [0.5, 0.6) is 0 Å². The van der Waals surface area contributed by atoms with Crippen molar-refractivity contribution < 1.29 is 19.3 Å². The van der Waals surface area contributed by atoms with E-state index in [1.165, 1.54) is 29.8 Å². The van der Waals surface area contributed by atoms with E-state index in [0.717, 1.165) is 31.0 Å². The van der Waals surface area contributed by atoms with Gasteiger partial charge in [-0.3, -0.25) is 19.7 Å². The van der Waals surface area contributed by atoms with Crippen LogP contribution in [0, 0.1) is 10.1 Å². The zero-order chi connectivity index (χ0) is 20.6. The third-order valence-electron chi connectivity index (χ3n) is 4.47. The minimum Gasteiger partial charge on any atom is -0.386 e. The van der Waals surface area contributed by atoms with Crippen molar-refractivity contribution in [2.45, 2.75) is 25.3 Å². The highest BCUT2D eigenvalue weighted by atomic mass is 16.6. The summed E-state index contributed by atoms with van der Waals surface area (Å²) in [7, 11) is 0. The standard InChI is InChI=1S/C20H20N4O5/c25-19(22-15-7-4-8-16(11-15)24(27)28)12-21-29-13-20(26)23-18-10-3-6-14-5-1-2-9-17(14)18/h1-2,4-5,7-9,11-12,18H,3,6,10,13H2,(H,22,25)(H,23,26)/b21-12-/t18-/m1/s1. The van der Waals surface area contributed by atoms with Gasteiger partial charge in [-0.25, -0.2) is 0 Å². The number of aryl methyl sites for hydroxylation is 1. The number of hydrogen-bond acceptors (Lipinski definition) is 6. The normalized spacial score (nSPS) is 15.4. The molecule has 150 valence electrons. The van der Waals surface area contributed by atoms with E-state index >= 15 is 0 Å². The van der Waals surface area contributed by atoms with Gasteiger partial charge in [-0.1, -0.05) is 35.5 Å². The topological polar surface area (TPSA) is 123 Å². The molecule has 0 aromatic heterocycles. The molecule has 0 fully saturated rings. The number of hydrogen-bond donors (Lipinski definition) is 2. The minimum atomic E-state index is -0.632. The number of fused-ring (bicyclic) bond motifs is 1. The number of anilines is 1. The molecule has 2 aromatic carbocycles. The molecular formula is C20H20N4O5. The summed E-state index contributed by atoms with van der Waals surface area (Å²) < 4.78 is 0. The molecule has 0 saturated carbocycles. The van der Waals surface area contributed by atoms with Crippen LogP contribution in [-0.2, 0) is 20.8 Å². The number of nitro groups is 1. The Hall–Kier alpha value is -3.75. The zero-order valence-corrected chi connectivity index (χ0v) is 15.5. The van der Waals surface area contributed by atoms with Crippen molar-refractivity contribution in [2.24, 2.45) is 5.16 Å². The van der Waals surface area contributed by atoms with E-state index in [9.17, 15) is 19.7 Å². The summed E-state index contributed by atoms with van der Waals surface area (Å²) in [5.74, 6) is -0.963. The number of nitro benzene ring substituents is 1. The van der Waals surface area contributed by atoms with E-state index in [4.69, 9.17) is 4.84 Å². The molecule has 1 aliphatic carbocycles. The molecule has 3 rings (SSSR count). The van der Waals surface area contributed by atoms with E-state index in [0.29, 0.717) is 0 Å². The van der Waals surface area contributed by atoms with Crippen molar-refractivity contribution in [1.29, 1.82) is 0 Å². The molecule has 0 saturated heterocycles. The summed E-state index contributed by atoms with van der Waals surface area (Å²) in [5, 5.41) is 19.6. The molecule has 2 aromatic rings. The maximum atomic E-state index is 12.1. The molecule has 9 nitrogen and oxygen atoms in total. The Bertz CT molecular complexity index is 944. The smallest absolute Gasteiger partial charge is 0.271 e. The number of oxime groups is 1. The Morgan fingerprint density at radius 1 is 1.24 bits per heavy atom. The van der Waals surface area contributed by atoms with Crippen LogP contribution >= 0.6 is 0 Å². The molecule has 0 unspecified atom stereocenters. The number of carbonyl (C=O) groups is 2. The van der Waals surface area contributed by atoms with Crippen LogP contribution in [0.15, 0.2) is 53.7 Å². The molecule has 0 bridgehead atoms. The first-order valence-electron chi connectivity index (χ1n) is 9.11. The quantitative estimate of drug-likeness (QED) is 0.423. The Labute approximate surface area is 166 Å². The summed E-state index contributed by atoms with van der Waals surface area (Å²) >= 11 is 0. The highest BCUT2D eigenvalue weighted by molar-refractivity contribution is 6.31. The van der Waals surface area contributed by atoms with Gasteiger partial charge in [0.25, 0.3) is 17.5 Å².